The van der Waals surface area contributed by atoms with E-state index in [4.69, 9.17) is 0 Å². The summed E-state index contributed by atoms with van der Waals surface area (Å²) in [6.07, 6.45) is 1.27. The predicted molar refractivity (Wildman–Crippen MR) is 85.1 cm³/mol. The van der Waals surface area contributed by atoms with Gasteiger partial charge < -0.3 is 15.1 Å². The molecule has 2 aromatic rings. The van der Waals surface area contributed by atoms with Gasteiger partial charge in [0.15, 0.2) is 11.6 Å². The van der Waals surface area contributed by atoms with Crippen LogP contribution in [-0.2, 0) is 0 Å². The molecule has 3 rings (SSSR count). The molecule has 0 bridgehead atoms. The van der Waals surface area contributed by atoms with E-state index in [0.717, 1.165) is 25.2 Å². The molecule has 1 aromatic carbocycles. The molecule has 1 amide bonds. The first kappa shape index (κ1) is 16.3. The molecule has 1 aliphatic rings. The first-order valence-corrected chi connectivity index (χ1v) is 7.55. The SMILES string of the molecule is CN1CCN(C(=O)c2cc(Nc3ccc(F)c(F)c3)ncn2)CC1. The topological polar surface area (TPSA) is 61.4 Å². The Kier molecular flexibility index (Phi) is 4.66. The number of hydrogen-bond acceptors (Lipinski definition) is 5. The molecule has 1 aliphatic heterocycles. The second-order valence-corrected chi connectivity index (χ2v) is 5.64. The summed E-state index contributed by atoms with van der Waals surface area (Å²) in [7, 11) is 2.01. The Morgan fingerprint density at radius 1 is 1.08 bits per heavy atom. The zero-order chi connectivity index (χ0) is 17.1. The number of halogens is 2. The third-order valence-corrected chi connectivity index (χ3v) is 3.87. The Labute approximate surface area is 138 Å². The van der Waals surface area contributed by atoms with Crippen molar-refractivity contribution in [1.82, 2.24) is 19.8 Å². The fourth-order valence-corrected chi connectivity index (χ4v) is 2.44. The van der Waals surface area contributed by atoms with Crippen LogP contribution in [0.5, 0.6) is 0 Å². The van der Waals surface area contributed by atoms with E-state index < -0.39 is 11.6 Å². The van der Waals surface area contributed by atoms with Gasteiger partial charge in [-0.1, -0.05) is 0 Å². The number of rotatable bonds is 3. The van der Waals surface area contributed by atoms with Crippen molar-refractivity contribution in [1.29, 1.82) is 0 Å². The average molecular weight is 333 g/mol. The van der Waals surface area contributed by atoms with Gasteiger partial charge in [0.1, 0.15) is 17.8 Å². The summed E-state index contributed by atoms with van der Waals surface area (Å²) < 4.78 is 26.2. The van der Waals surface area contributed by atoms with Gasteiger partial charge in [-0.25, -0.2) is 18.7 Å². The number of likely N-dealkylation sites (N-methyl/N-ethyl adjacent to an activating group) is 1. The molecule has 0 saturated carbocycles. The molecule has 1 aromatic heterocycles. The van der Waals surface area contributed by atoms with Crippen LogP contribution in [0.25, 0.3) is 0 Å². The maximum absolute atomic E-state index is 13.3. The molecule has 24 heavy (non-hydrogen) atoms. The second-order valence-electron chi connectivity index (χ2n) is 5.64. The highest BCUT2D eigenvalue weighted by Crippen LogP contribution is 2.18. The van der Waals surface area contributed by atoms with Crippen LogP contribution in [0.1, 0.15) is 10.5 Å². The molecule has 0 spiro atoms. The lowest BCUT2D eigenvalue weighted by atomic mass is 10.2. The summed E-state index contributed by atoms with van der Waals surface area (Å²) in [5, 5.41) is 2.84. The third-order valence-electron chi connectivity index (χ3n) is 3.87. The molecule has 1 N–H and O–H groups in total. The van der Waals surface area contributed by atoms with Crippen LogP contribution in [0.2, 0.25) is 0 Å². The van der Waals surface area contributed by atoms with Crippen LogP contribution in [0.15, 0.2) is 30.6 Å². The molecule has 0 unspecified atom stereocenters. The van der Waals surface area contributed by atoms with Crippen LogP contribution >= 0.6 is 0 Å². The highest BCUT2D eigenvalue weighted by Gasteiger charge is 2.21. The number of carbonyl (C=O) groups is 1. The lowest BCUT2D eigenvalue weighted by Crippen LogP contribution is -2.47. The van der Waals surface area contributed by atoms with Crippen LogP contribution < -0.4 is 5.32 Å². The quantitative estimate of drug-likeness (QED) is 0.929. The van der Waals surface area contributed by atoms with Gasteiger partial charge in [-0.3, -0.25) is 4.79 Å². The number of amides is 1. The number of nitrogens with one attached hydrogen (secondary N) is 1. The molecule has 0 aliphatic carbocycles. The first-order valence-electron chi connectivity index (χ1n) is 7.55. The minimum Gasteiger partial charge on any atom is -0.340 e. The van der Waals surface area contributed by atoms with Crippen molar-refractivity contribution in [2.24, 2.45) is 0 Å². The summed E-state index contributed by atoms with van der Waals surface area (Å²) >= 11 is 0. The number of benzene rings is 1. The largest absolute Gasteiger partial charge is 0.340 e. The van der Waals surface area contributed by atoms with Crippen molar-refractivity contribution in [3.63, 3.8) is 0 Å². The lowest BCUT2D eigenvalue weighted by Gasteiger charge is -2.32. The zero-order valence-electron chi connectivity index (χ0n) is 13.2. The molecular weight excluding hydrogens is 316 g/mol. The molecule has 8 heteroatoms. The van der Waals surface area contributed by atoms with Crippen LogP contribution in [-0.4, -0.2) is 58.9 Å². The zero-order valence-corrected chi connectivity index (χ0v) is 13.2. The maximum atomic E-state index is 13.3. The monoisotopic (exact) mass is 333 g/mol. The standard InChI is InChI=1S/C16H17F2N5O/c1-22-4-6-23(7-5-22)16(24)14-9-15(20-10-19-14)21-11-2-3-12(17)13(18)8-11/h2-3,8-10H,4-7H2,1H3,(H,19,20,21). The van der Waals surface area contributed by atoms with E-state index in [-0.39, 0.29) is 11.6 Å². The minimum atomic E-state index is -0.956. The van der Waals surface area contributed by atoms with Gasteiger partial charge in [-0.2, -0.15) is 0 Å². The average Bonchev–Trinajstić information content (AvgIpc) is 2.58. The van der Waals surface area contributed by atoms with E-state index in [1.165, 1.54) is 18.5 Å². The number of aromatic nitrogens is 2. The summed E-state index contributed by atoms with van der Waals surface area (Å²) in [4.78, 5) is 24.4. The summed E-state index contributed by atoms with van der Waals surface area (Å²) in [6, 6.07) is 4.94. The lowest BCUT2D eigenvalue weighted by molar-refractivity contribution is 0.0658. The molecular formula is C16H17F2N5O. The summed E-state index contributed by atoms with van der Waals surface area (Å²) in [6.45, 7) is 2.92. The predicted octanol–water partition coefficient (Wildman–Crippen LogP) is 1.89. The Bertz CT molecular complexity index is 747. The second kappa shape index (κ2) is 6.88. The molecule has 0 radical (unpaired) electrons. The van der Waals surface area contributed by atoms with Gasteiger partial charge in [0.2, 0.25) is 0 Å². The van der Waals surface area contributed by atoms with Crippen molar-refractivity contribution in [3.8, 4) is 0 Å². The molecule has 126 valence electrons. The number of nitrogens with zero attached hydrogens (tertiary/aromatic N) is 4. The number of piperazine rings is 1. The Hall–Kier alpha value is -2.61. The van der Waals surface area contributed by atoms with E-state index in [9.17, 15) is 13.6 Å². The van der Waals surface area contributed by atoms with Gasteiger partial charge in [0.25, 0.3) is 5.91 Å². The molecule has 1 fully saturated rings. The molecule has 1 saturated heterocycles. The first-order chi connectivity index (χ1) is 11.5. The normalized spacial score (nSPS) is 15.4. The summed E-state index contributed by atoms with van der Waals surface area (Å²) in [5.74, 6) is -1.70. The van der Waals surface area contributed by atoms with E-state index in [1.807, 2.05) is 7.05 Å². The Morgan fingerprint density at radius 2 is 1.83 bits per heavy atom. The molecule has 6 nitrogen and oxygen atoms in total. The van der Waals surface area contributed by atoms with E-state index in [1.54, 1.807) is 4.90 Å². The van der Waals surface area contributed by atoms with Gasteiger partial charge in [0.05, 0.1) is 0 Å². The highest BCUT2D eigenvalue weighted by molar-refractivity contribution is 5.93. The number of hydrogen-bond donors (Lipinski definition) is 1. The van der Waals surface area contributed by atoms with E-state index >= 15 is 0 Å². The fourth-order valence-electron chi connectivity index (χ4n) is 2.44. The molecule has 2 heterocycles. The highest BCUT2D eigenvalue weighted by atomic mass is 19.2. The van der Waals surface area contributed by atoms with Crippen LogP contribution in [0.3, 0.4) is 0 Å². The Morgan fingerprint density at radius 3 is 2.54 bits per heavy atom. The van der Waals surface area contributed by atoms with Crippen molar-refractivity contribution >= 4 is 17.4 Å². The van der Waals surface area contributed by atoms with E-state index in [0.29, 0.717) is 24.6 Å². The van der Waals surface area contributed by atoms with Crippen molar-refractivity contribution in [2.45, 2.75) is 0 Å². The molecule has 0 atom stereocenters. The maximum Gasteiger partial charge on any atom is 0.272 e. The van der Waals surface area contributed by atoms with Gasteiger partial charge >= 0.3 is 0 Å². The van der Waals surface area contributed by atoms with E-state index in [2.05, 4.69) is 20.2 Å². The minimum absolute atomic E-state index is 0.168. The van der Waals surface area contributed by atoms with Gasteiger partial charge in [-0.05, 0) is 19.2 Å². The van der Waals surface area contributed by atoms with Gasteiger partial charge in [0, 0.05) is 44.0 Å². The van der Waals surface area contributed by atoms with Crippen molar-refractivity contribution in [3.05, 3.63) is 47.9 Å². The van der Waals surface area contributed by atoms with Gasteiger partial charge in [-0.15, -0.1) is 0 Å². The van der Waals surface area contributed by atoms with Crippen molar-refractivity contribution < 1.29 is 13.6 Å². The number of carbonyl (C=O) groups excluding carboxylic acids is 1. The summed E-state index contributed by atoms with van der Waals surface area (Å²) in [5.41, 5.74) is 0.602. The van der Waals surface area contributed by atoms with Crippen LogP contribution in [0.4, 0.5) is 20.3 Å². The number of anilines is 2. The van der Waals surface area contributed by atoms with Crippen molar-refractivity contribution in [2.75, 3.05) is 38.5 Å². The Balaban J connectivity index is 1.73. The van der Waals surface area contributed by atoms with Crippen LogP contribution in [0, 0.1) is 11.6 Å². The fraction of sp³-hybridized carbons (Fsp3) is 0.312. The third kappa shape index (κ3) is 3.65. The smallest absolute Gasteiger partial charge is 0.272 e.